The fourth-order valence-corrected chi connectivity index (χ4v) is 4.59. The Labute approximate surface area is 186 Å². The van der Waals surface area contributed by atoms with Gasteiger partial charge in [0.15, 0.2) is 24.0 Å². The van der Waals surface area contributed by atoms with Crippen LogP contribution in [0.1, 0.15) is 11.8 Å². The molecule has 6 N–H and O–H groups in total. The van der Waals surface area contributed by atoms with E-state index in [4.69, 9.17) is 19.5 Å². The zero-order valence-electron chi connectivity index (χ0n) is 17.1. The lowest BCUT2D eigenvalue weighted by Gasteiger charge is -2.19. The molecule has 1 aliphatic rings. The highest BCUT2D eigenvalue weighted by Gasteiger charge is 2.48. The number of fused-ring (bicyclic) bond motifs is 2. The van der Waals surface area contributed by atoms with E-state index >= 15 is 0 Å². The number of H-pyrrole nitrogens is 1. The largest absolute Gasteiger partial charge is 0.474 e. The number of aromatic nitrogens is 5. The molecule has 0 amide bonds. The first kappa shape index (κ1) is 21.9. The van der Waals surface area contributed by atoms with E-state index < -0.39 is 32.5 Å². The number of anilines is 1. The molecule has 1 unspecified atom stereocenters. The summed E-state index contributed by atoms with van der Waals surface area (Å²) in [5, 5.41) is 21.7. The molecular weight excluding hydrogens is 455 g/mol. The Morgan fingerprint density at radius 3 is 2.88 bits per heavy atom. The quantitative estimate of drug-likeness (QED) is 0.238. The molecule has 0 aliphatic carbocycles. The van der Waals surface area contributed by atoms with E-state index in [0.717, 1.165) is 16.5 Å². The predicted molar refractivity (Wildman–Crippen MR) is 115 cm³/mol. The number of imidazole rings is 1. The van der Waals surface area contributed by atoms with Crippen molar-refractivity contribution in [2.75, 3.05) is 12.3 Å². The van der Waals surface area contributed by atoms with Crippen molar-refractivity contribution in [3.63, 3.8) is 0 Å². The first-order chi connectivity index (χ1) is 15.8. The van der Waals surface area contributed by atoms with Gasteiger partial charge < -0.3 is 30.6 Å². The van der Waals surface area contributed by atoms with Gasteiger partial charge >= 0.3 is 7.82 Å². The number of nitrogen functional groups attached to an aromatic ring is 1. The standard InChI is InChI=1S/C19H21N6O7P/c20-16-13-17(23-8-22-16)25(9-24-13)18-14(26)15(27)19(31-18)32-33(28,29)30-6-5-10-7-21-12-4-2-1-3-11(10)12/h1-4,7-9,14-15,18-19,21,26-27H,5-6H2,(H,28,29)(H2,20,22,23)/t14-,15-,18-,19+/m1/s1. The summed E-state index contributed by atoms with van der Waals surface area (Å²) in [5.74, 6) is 0.128. The van der Waals surface area contributed by atoms with Gasteiger partial charge in [0.1, 0.15) is 24.1 Å². The summed E-state index contributed by atoms with van der Waals surface area (Å²) in [7, 11) is -4.62. The molecule has 1 aromatic carbocycles. The molecule has 13 nitrogen and oxygen atoms in total. The maximum absolute atomic E-state index is 12.4. The summed E-state index contributed by atoms with van der Waals surface area (Å²) in [6, 6.07) is 7.64. The number of ether oxygens (including phenoxy) is 1. The van der Waals surface area contributed by atoms with Crippen LogP contribution < -0.4 is 5.73 Å². The van der Waals surface area contributed by atoms with Crippen molar-refractivity contribution in [2.24, 2.45) is 0 Å². The second-order valence-corrected chi connectivity index (χ2v) is 8.88. The fourth-order valence-electron chi connectivity index (χ4n) is 3.77. The van der Waals surface area contributed by atoms with E-state index in [1.165, 1.54) is 17.2 Å². The van der Waals surface area contributed by atoms with Crippen LogP contribution in [0.3, 0.4) is 0 Å². The lowest BCUT2D eigenvalue weighted by atomic mass is 10.1. The normalized spacial score (nSPS) is 25.1. The number of hydrogen-bond donors (Lipinski definition) is 5. The van der Waals surface area contributed by atoms with Gasteiger partial charge in [-0.05, 0) is 18.1 Å². The van der Waals surface area contributed by atoms with Gasteiger partial charge in [0, 0.05) is 17.1 Å². The minimum atomic E-state index is -4.62. The average Bonchev–Trinajstić information content (AvgIpc) is 3.47. The number of aliphatic hydroxyl groups is 2. The van der Waals surface area contributed by atoms with Crippen LogP contribution in [-0.4, -0.2) is 64.7 Å². The highest BCUT2D eigenvalue weighted by molar-refractivity contribution is 7.47. The predicted octanol–water partition coefficient (Wildman–Crippen LogP) is 0.843. The van der Waals surface area contributed by atoms with E-state index in [9.17, 15) is 19.7 Å². The first-order valence-electron chi connectivity index (χ1n) is 9.99. The van der Waals surface area contributed by atoms with E-state index in [1.807, 2.05) is 24.3 Å². The number of aliphatic hydroxyl groups excluding tert-OH is 2. The molecule has 33 heavy (non-hydrogen) atoms. The SMILES string of the molecule is Nc1ncnc2c1ncn2[C@@H]1O[C@@H](OP(=O)(O)OCCc2c[nH]c3ccccc23)[C@H](O)[C@H]1O. The average molecular weight is 476 g/mol. The molecule has 5 rings (SSSR count). The molecule has 0 saturated carbocycles. The maximum Gasteiger partial charge on any atom is 0.474 e. The molecule has 0 bridgehead atoms. The lowest BCUT2D eigenvalue weighted by molar-refractivity contribution is -0.136. The van der Waals surface area contributed by atoms with E-state index in [1.54, 1.807) is 6.20 Å². The number of benzene rings is 1. The Kier molecular flexibility index (Phi) is 5.62. The van der Waals surface area contributed by atoms with Gasteiger partial charge in [-0.1, -0.05) is 18.2 Å². The number of hydrogen-bond acceptors (Lipinski definition) is 10. The summed E-state index contributed by atoms with van der Waals surface area (Å²) in [5.41, 5.74) is 8.14. The van der Waals surface area contributed by atoms with E-state index in [-0.39, 0.29) is 23.6 Å². The van der Waals surface area contributed by atoms with Crippen LogP contribution in [-0.2, 0) is 24.8 Å². The fraction of sp³-hybridized carbons (Fsp3) is 0.316. The Morgan fingerprint density at radius 2 is 2.03 bits per heavy atom. The third-order valence-electron chi connectivity index (χ3n) is 5.39. The summed E-state index contributed by atoms with van der Waals surface area (Å²) < 4.78 is 29.3. The third-order valence-corrected chi connectivity index (χ3v) is 6.38. The van der Waals surface area contributed by atoms with Crippen LogP contribution in [0.15, 0.2) is 43.1 Å². The zero-order valence-corrected chi connectivity index (χ0v) is 17.9. The summed E-state index contributed by atoms with van der Waals surface area (Å²) >= 11 is 0. The van der Waals surface area contributed by atoms with E-state index in [2.05, 4.69) is 19.9 Å². The second-order valence-electron chi connectivity index (χ2n) is 7.48. The number of nitrogens with one attached hydrogen (secondary N) is 1. The van der Waals surface area contributed by atoms with Gasteiger partial charge in [-0.25, -0.2) is 19.5 Å². The van der Waals surface area contributed by atoms with E-state index in [0.29, 0.717) is 6.42 Å². The van der Waals surface area contributed by atoms with Gasteiger partial charge in [0.05, 0.1) is 12.9 Å². The molecule has 0 spiro atoms. The van der Waals surface area contributed by atoms with Crippen LogP contribution in [0.4, 0.5) is 5.82 Å². The van der Waals surface area contributed by atoms with Gasteiger partial charge in [-0.15, -0.1) is 0 Å². The maximum atomic E-state index is 12.4. The number of para-hydroxylation sites is 1. The van der Waals surface area contributed by atoms with Crippen molar-refractivity contribution >= 4 is 35.7 Å². The van der Waals surface area contributed by atoms with Gasteiger partial charge in [-0.3, -0.25) is 13.6 Å². The van der Waals surface area contributed by atoms with Gasteiger partial charge in [0.2, 0.25) is 0 Å². The third kappa shape index (κ3) is 4.11. The van der Waals surface area contributed by atoms with Crippen LogP contribution in [0.5, 0.6) is 0 Å². The van der Waals surface area contributed by atoms with Crippen LogP contribution >= 0.6 is 7.82 Å². The number of phosphoric acid groups is 1. The summed E-state index contributed by atoms with van der Waals surface area (Å²) in [4.78, 5) is 25.2. The first-order valence-corrected chi connectivity index (χ1v) is 11.5. The lowest BCUT2D eigenvalue weighted by Crippen LogP contribution is -2.32. The Hall–Kier alpha value is -2.90. The molecule has 1 saturated heterocycles. The van der Waals surface area contributed by atoms with Crippen molar-refractivity contribution in [3.05, 3.63) is 48.7 Å². The molecule has 1 aliphatic heterocycles. The Bertz CT molecular complexity index is 1340. The molecule has 174 valence electrons. The number of aromatic amines is 1. The number of nitrogens with two attached hydrogens (primary N) is 1. The van der Waals surface area contributed by atoms with Crippen molar-refractivity contribution < 1.29 is 33.5 Å². The van der Waals surface area contributed by atoms with Crippen molar-refractivity contribution in [1.29, 1.82) is 0 Å². The Balaban J connectivity index is 1.24. The second kappa shape index (κ2) is 8.47. The highest BCUT2D eigenvalue weighted by atomic mass is 31.2. The molecule has 4 aromatic rings. The molecular formula is C19H21N6O7P. The topological polar surface area (TPSA) is 191 Å². The molecule has 4 heterocycles. The van der Waals surface area contributed by atoms with Crippen LogP contribution in [0.2, 0.25) is 0 Å². The molecule has 5 atom stereocenters. The monoisotopic (exact) mass is 476 g/mol. The van der Waals surface area contributed by atoms with Crippen molar-refractivity contribution in [2.45, 2.75) is 31.1 Å². The molecule has 1 fully saturated rings. The highest BCUT2D eigenvalue weighted by Crippen LogP contribution is 2.48. The van der Waals surface area contributed by atoms with Crippen molar-refractivity contribution in [1.82, 2.24) is 24.5 Å². The molecule has 3 aromatic heterocycles. The van der Waals surface area contributed by atoms with Gasteiger partial charge in [-0.2, -0.15) is 0 Å². The summed E-state index contributed by atoms with van der Waals surface area (Å²) in [6.45, 7) is -0.118. The molecule has 0 radical (unpaired) electrons. The van der Waals surface area contributed by atoms with Crippen molar-refractivity contribution in [3.8, 4) is 0 Å². The molecule has 14 heteroatoms. The number of nitrogens with zero attached hydrogens (tertiary/aromatic N) is 4. The van der Waals surface area contributed by atoms with Gasteiger partial charge in [0.25, 0.3) is 0 Å². The summed E-state index contributed by atoms with van der Waals surface area (Å²) in [6.07, 6.45) is -1.31. The van der Waals surface area contributed by atoms with Crippen LogP contribution in [0.25, 0.3) is 22.1 Å². The number of phosphoric ester groups is 1. The minimum absolute atomic E-state index is 0.118. The number of rotatable bonds is 7. The smallest absolute Gasteiger partial charge is 0.385 e. The van der Waals surface area contributed by atoms with Crippen LogP contribution in [0, 0.1) is 0 Å². The minimum Gasteiger partial charge on any atom is -0.385 e. The Morgan fingerprint density at radius 1 is 1.21 bits per heavy atom. The zero-order chi connectivity index (χ0) is 23.2.